The molecule has 1 aliphatic rings. The first kappa shape index (κ1) is 23.1. The van der Waals surface area contributed by atoms with Crippen molar-refractivity contribution in [3.05, 3.63) is 88.7 Å². The minimum Gasteiger partial charge on any atom is -0.494 e. The molecule has 0 unspecified atom stereocenters. The molecule has 0 aliphatic carbocycles. The highest BCUT2D eigenvalue weighted by molar-refractivity contribution is 7.16. The highest BCUT2D eigenvalue weighted by atomic mass is 32.1. The molecule has 0 saturated heterocycles. The first-order chi connectivity index (χ1) is 16.9. The standard InChI is InChI=1S/C27H26FN3O3S/c1-3-34-23-7-5-4-6-20(23)16-31-24(32)22-14-19-12-13-35-25(19)30(22)17-27(31,2)26(33)29-15-18-8-10-21(28)11-9-18/h4-14H,3,15-17H2,1-2H3,(H,29,33)/t27-/m0/s1. The molecule has 0 fully saturated rings. The third-order valence-corrected chi connectivity index (χ3v) is 7.44. The van der Waals surface area contributed by atoms with E-state index in [2.05, 4.69) is 5.32 Å². The molecule has 1 N–H and O–H groups in total. The predicted molar refractivity (Wildman–Crippen MR) is 134 cm³/mol. The maximum absolute atomic E-state index is 13.8. The smallest absolute Gasteiger partial charge is 0.271 e. The molecule has 8 heteroatoms. The zero-order chi connectivity index (χ0) is 24.6. The second-order valence-corrected chi connectivity index (χ2v) is 9.71. The van der Waals surface area contributed by atoms with Crippen molar-refractivity contribution in [1.82, 2.24) is 14.8 Å². The number of halogens is 1. The summed E-state index contributed by atoms with van der Waals surface area (Å²) in [6.07, 6.45) is 0. The lowest BCUT2D eigenvalue weighted by Crippen LogP contribution is -2.63. The van der Waals surface area contributed by atoms with Crippen LogP contribution in [0.15, 0.2) is 66.0 Å². The van der Waals surface area contributed by atoms with Gasteiger partial charge in [-0.15, -0.1) is 11.3 Å². The Hall–Kier alpha value is -3.65. The largest absolute Gasteiger partial charge is 0.494 e. The van der Waals surface area contributed by atoms with Gasteiger partial charge in [0.25, 0.3) is 5.91 Å². The number of benzene rings is 2. The van der Waals surface area contributed by atoms with E-state index in [0.717, 1.165) is 21.3 Å². The van der Waals surface area contributed by atoms with Crippen LogP contribution in [-0.2, 0) is 24.4 Å². The van der Waals surface area contributed by atoms with E-state index in [-0.39, 0.29) is 30.7 Å². The molecule has 1 atom stereocenters. The van der Waals surface area contributed by atoms with Crippen molar-refractivity contribution in [2.24, 2.45) is 0 Å². The summed E-state index contributed by atoms with van der Waals surface area (Å²) in [6, 6.07) is 17.5. The predicted octanol–water partition coefficient (Wildman–Crippen LogP) is 4.97. The molecule has 2 aromatic heterocycles. The number of nitrogens with one attached hydrogen (secondary N) is 1. The van der Waals surface area contributed by atoms with E-state index >= 15 is 0 Å². The van der Waals surface area contributed by atoms with Gasteiger partial charge in [-0.3, -0.25) is 9.59 Å². The number of amides is 2. The summed E-state index contributed by atoms with van der Waals surface area (Å²) in [5, 5.41) is 5.95. The van der Waals surface area contributed by atoms with Crippen LogP contribution >= 0.6 is 11.3 Å². The van der Waals surface area contributed by atoms with E-state index in [4.69, 9.17) is 4.74 Å². The molecule has 0 radical (unpaired) electrons. The summed E-state index contributed by atoms with van der Waals surface area (Å²) in [7, 11) is 0. The molecule has 5 rings (SSSR count). The minimum atomic E-state index is -1.15. The van der Waals surface area contributed by atoms with Crippen LogP contribution in [0.3, 0.4) is 0 Å². The van der Waals surface area contributed by atoms with Gasteiger partial charge >= 0.3 is 0 Å². The molecule has 0 saturated carbocycles. The zero-order valence-electron chi connectivity index (χ0n) is 19.6. The number of hydrogen-bond acceptors (Lipinski definition) is 4. The van der Waals surface area contributed by atoms with Crippen molar-refractivity contribution in [1.29, 1.82) is 0 Å². The Bertz CT molecular complexity index is 1390. The number of aromatic nitrogens is 1. The van der Waals surface area contributed by atoms with Crippen LogP contribution in [0.1, 0.15) is 35.5 Å². The molecular formula is C27H26FN3O3S. The van der Waals surface area contributed by atoms with Crippen LogP contribution < -0.4 is 10.1 Å². The summed E-state index contributed by atoms with van der Waals surface area (Å²) in [5.41, 5.74) is 1.03. The number of thiophene rings is 1. The highest BCUT2D eigenvalue weighted by Gasteiger charge is 2.48. The molecule has 2 amide bonds. The van der Waals surface area contributed by atoms with Crippen LogP contribution in [0.25, 0.3) is 10.2 Å². The van der Waals surface area contributed by atoms with Crippen LogP contribution in [0.4, 0.5) is 4.39 Å². The molecule has 3 heterocycles. The van der Waals surface area contributed by atoms with Gasteiger partial charge in [-0.25, -0.2) is 4.39 Å². The van der Waals surface area contributed by atoms with Crippen molar-refractivity contribution < 1.29 is 18.7 Å². The van der Waals surface area contributed by atoms with Gasteiger partial charge in [-0.2, -0.15) is 0 Å². The fraction of sp³-hybridized carbons (Fsp3) is 0.259. The Balaban J connectivity index is 1.51. The Morgan fingerprint density at radius 1 is 1.17 bits per heavy atom. The summed E-state index contributed by atoms with van der Waals surface area (Å²) in [4.78, 5) is 30.2. The normalized spacial score (nSPS) is 17.5. The minimum absolute atomic E-state index is 0.203. The SMILES string of the molecule is CCOc1ccccc1CN1C(=O)c2cc3ccsc3n2C[C@@]1(C)C(=O)NCc1ccc(F)cc1. The number of nitrogens with zero attached hydrogens (tertiary/aromatic N) is 2. The fourth-order valence-corrected chi connectivity index (χ4v) is 5.48. The molecular weight excluding hydrogens is 465 g/mol. The number of carbonyl (C=O) groups excluding carboxylic acids is 2. The monoisotopic (exact) mass is 491 g/mol. The Labute approximate surface area is 206 Å². The van der Waals surface area contributed by atoms with Crippen LogP contribution in [0.2, 0.25) is 0 Å². The van der Waals surface area contributed by atoms with Crippen molar-refractivity contribution >= 4 is 33.4 Å². The maximum atomic E-state index is 13.8. The van der Waals surface area contributed by atoms with E-state index in [1.807, 2.05) is 53.3 Å². The number of para-hydroxylation sites is 1. The molecule has 0 spiro atoms. The van der Waals surface area contributed by atoms with E-state index in [9.17, 15) is 14.0 Å². The lowest BCUT2D eigenvalue weighted by Gasteiger charge is -2.44. The zero-order valence-corrected chi connectivity index (χ0v) is 20.4. The number of fused-ring (bicyclic) bond motifs is 3. The van der Waals surface area contributed by atoms with E-state index in [0.29, 0.717) is 24.6 Å². The average Bonchev–Trinajstić information content (AvgIpc) is 3.45. The Morgan fingerprint density at radius 2 is 1.94 bits per heavy atom. The lowest BCUT2D eigenvalue weighted by atomic mass is 9.93. The summed E-state index contributed by atoms with van der Waals surface area (Å²) < 4.78 is 21.0. The second kappa shape index (κ2) is 9.19. The number of ether oxygens (including phenoxy) is 1. The molecule has 6 nitrogen and oxygen atoms in total. The summed E-state index contributed by atoms with van der Waals surface area (Å²) >= 11 is 1.55. The first-order valence-corrected chi connectivity index (χ1v) is 12.4. The van der Waals surface area contributed by atoms with Gasteiger partial charge in [0.15, 0.2) is 0 Å². The number of rotatable bonds is 7. The van der Waals surface area contributed by atoms with Crippen molar-refractivity contribution in [3.8, 4) is 5.75 Å². The molecule has 1 aliphatic heterocycles. The van der Waals surface area contributed by atoms with Crippen molar-refractivity contribution in [3.63, 3.8) is 0 Å². The van der Waals surface area contributed by atoms with Crippen molar-refractivity contribution in [2.45, 2.75) is 39.0 Å². The van der Waals surface area contributed by atoms with Gasteiger partial charge < -0.3 is 19.5 Å². The molecule has 180 valence electrons. The highest BCUT2D eigenvalue weighted by Crippen LogP contribution is 2.36. The quantitative estimate of drug-likeness (QED) is 0.397. The fourth-order valence-electron chi connectivity index (χ4n) is 4.58. The third kappa shape index (κ3) is 4.18. The van der Waals surface area contributed by atoms with E-state index < -0.39 is 5.54 Å². The van der Waals surface area contributed by atoms with Gasteiger partial charge in [0.2, 0.25) is 5.91 Å². The van der Waals surface area contributed by atoms with Gasteiger partial charge in [0.05, 0.1) is 19.7 Å². The Morgan fingerprint density at radius 3 is 2.71 bits per heavy atom. The summed E-state index contributed by atoms with van der Waals surface area (Å²) in [6.45, 7) is 5.00. The molecule has 0 bridgehead atoms. The van der Waals surface area contributed by atoms with Crippen LogP contribution in [0, 0.1) is 5.82 Å². The van der Waals surface area contributed by atoms with E-state index in [1.54, 1.807) is 35.3 Å². The Kier molecular flexibility index (Phi) is 6.06. The van der Waals surface area contributed by atoms with Crippen LogP contribution in [0.5, 0.6) is 5.75 Å². The van der Waals surface area contributed by atoms with Gasteiger partial charge in [0.1, 0.15) is 27.6 Å². The number of carbonyl (C=O) groups is 2. The molecule has 2 aromatic carbocycles. The molecule has 4 aromatic rings. The van der Waals surface area contributed by atoms with Gasteiger partial charge in [-0.05, 0) is 55.1 Å². The van der Waals surface area contributed by atoms with E-state index in [1.165, 1.54) is 12.1 Å². The third-order valence-electron chi connectivity index (χ3n) is 6.48. The first-order valence-electron chi connectivity index (χ1n) is 11.5. The number of hydrogen-bond donors (Lipinski definition) is 1. The lowest BCUT2D eigenvalue weighted by molar-refractivity contribution is -0.133. The van der Waals surface area contributed by atoms with Gasteiger partial charge in [0, 0.05) is 17.5 Å². The maximum Gasteiger partial charge on any atom is 0.271 e. The average molecular weight is 492 g/mol. The summed E-state index contributed by atoms with van der Waals surface area (Å²) in [5.74, 6) is -0.110. The topological polar surface area (TPSA) is 63.6 Å². The van der Waals surface area contributed by atoms with Gasteiger partial charge in [-0.1, -0.05) is 30.3 Å². The second-order valence-electron chi connectivity index (χ2n) is 8.81. The van der Waals surface area contributed by atoms with Crippen LogP contribution in [-0.4, -0.2) is 33.4 Å². The molecule has 35 heavy (non-hydrogen) atoms. The van der Waals surface area contributed by atoms with Crippen molar-refractivity contribution in [2.75, 3.05) is 6.61 Å².